The van der Waals surface area contributed by atoms with Gasteiger partial charge in [-0.05, 0) is 48.7 Å². The average Bonchev–Trinajstić information content (AvgIpc) is 3.20. The lowest BCUT2D eigenvalue weighted by Crippen LogP contribution is -2.33. The van der Waals surface area contributed by atoms with Crippen LogP contribution in [0.15, 0.2) is 64.8 Å². The summed E-state index contributed by atoms with van der Waals surface area (Å²) < 4.78 is 24.2. The zero-order valence-electron chi connectivity index (χ0n) is 19.1. The third-order valence-corrected chi connectivity index (χ3v) is 6.91. The lowest BCUT2D eigenvalue weighted by atomic mass is 10.0. The molecule has 0 amide bonds. The van der Waals surface area contributed by atoms with Crippen molar-refractivity contribution < 1.29 is 23.7 Å². The van der Waals surface area contributed by atoms with Gasteiger partial charge in [-0.2, -0.15) is 0 Å². The van der Waals surface area contributed by atoms with Gasteiger partial charge in [0.15, 0.2) is 12.6 Å². The van der Waals surface area contributed by atoms with Crippen molar-refractivity contribution in [2.75, 3.05) is 20.1 Å². The zero-order valence-corrected chi connectivity index (χ0v) is 20.7. The third-order valence-electron chi connectivity index (χ3n) is 6.46. The first-order chi connectivity index (χ1) is 17.2. The summed E-state index contributed by atoms with van der Waals surface area (Å²) in [6.07, 6.45) is 3.80. The van der Waals surface area contributed by atoms with E-state index >= 15 is 0 Å². The Morgan fingerprint density at radius 1 is 1.03 bits per heavy atom. The second kappa shape index (κ2) is 9.49. The normalized spacial score (nSPS) is 17.7. The van der Waals surface area contributed by atoms with Crippen LogP contribution in [0, 0.1) is 0 Å². The van der Waals surface area contributed by atoms with E-state index in [0.29, 0.717) is 36.9 Å². The van der Waals surface area contributed by atoms with Crippen LogP contribution in [0.25, 0.3) is 6.08 Å². The Morgan fingerprint density at radius 2 is 1.91 bits per heavy atom. The number of nitrogens with zero attached hydrogens (tertiary/aromatic N) is 1. The summed E-state index contributed by atoms with van der Waals surface area (Å²) in [5.74, 6) is 2.24. The molecule has 3 aromatic carbocycles. The maximum absolute atomic E-state index is 13.2. The minimum absolute atomic E-state index is 0.134. The van der Waals surface area contributed by atoms with Crippen molar-refractivity contribution in [2.24, 2.45) is 0 Å². The molecule has 0 fully saturated rings. The van der Waals surface area contributed by atoms with Crippen LogP contribution < -0.4 is 14.2 Å². The van der Waals surface area contributed by atoms with E-state index in [1.54, 1.807) is 12.1 Å². The molecule has 0 aliphatic carbocycles. The Bertz CT molecular complexity index is 1320. The fourth-order valence-corrected chi connectivity index (χ4v) is 5.28. The number of ether oxygens (including phenoxy) is 4. The second-order valence-electron chi connectivity index (χ2n) is 8.87. The van der Waals surface area contributed by atoms with Crippen molar-refractivity contribution in [1.29, 1.82) is 0 Å². The Labute approximate surface area is 212 Å². The first-order valence-corrected chi connectivity index (χ1v) is 12.5. The monoisotopic (exact) mass is 533 g/mol. The summed E-state index contributed by atoms with van der Waals surface area (Å²) in [6.45, 7) is 2.76. The number of allylic oxidation sites excluding steroid dienone is 1. The zero-order chi connectivity index (χ0) is 23.8. The van der Waals surface area contributed by atoms with E-state index in [1.807, 2.05) is 24.3 Å². The highest BCUT2D eigenvalue weighted by Gasteiger charge is 2.34. The van der Waals surface area contributed by atoms with Gasteiger partial charge in [0, 0.05) is 28.7 Å². The van der Waals surface area contributed by atoms with Gasteiger partial charge >= 0.3 is 0 Å². The van der Waals surface area contributed by atoms with Gasteiger partial charge in [0.2, 0.25) is 5.78 Å². The van der Waals surface area contributed by atoms with Crippen molar-refractivity contribution in [1.82, 2.24) is 4.90 Å². The minimum atomic E-state index is -0.134. The van der Waals surface area contributed by atoms with E-state index in [0.717, 1.165) is 46.3 Å². The van der Waals surface area contributed by atoms with Gasteiger partial charge in [-0.1, -0.05) is 46.3 Å². The number of halogens is 1. The third kappa shape index (κ3) is 4.47. The highest BCUT2D eigenvalue weighted by Crippen LogP contribution is 2.43. The number of ketones is 1. The van der Waals surface area contributed by atoms with Gasteiger partial charge in [0.1, 0.15) is 24.0 Å². The van der Waals surface area contributed by atoms with Gasteiger partial charge in [0.05, 0.1) is 17.7 Å². The van der Waals surface area contributed by atoms with Gasteiger partial charge in [-0.15, -0.1) is 0 Å². The first-order valence-electron chi connectivity index (χ1n) is 11.7. The number of rotatable bonds is 5. The minimum Gasteiger partial charge on any atom is -0.478 e. The van der Waals surface area contributed by atoms with Crippen LogP contribution in [0.5, 0.6) is 17.2 Å². The summed E-state index contributed by atoms with van der Waals surface area (Å²) in [7, 11) is 0. The SMILES string of the molecule is O=C1/C(=C/c2cc(Br)cc3c2OCOC3)Oc2c1ccc1c2CN(CCCc2ccccc2)CO1. The van der Waals surface area contributed by atoms with Crippen molar-refractivity contribution in [3.63, 3.8) is 0 Å². The van der Waals surface area contributed by atoms with E-state index < -0.39 is 0 Å². The quantitative estimate of drug-likeness (QED) is 0.391. The summed E-state index contributed by atoms with van der Waals surface area (Å²) in [4.78, 5) is 15.5. The number of benzene rings is 3. The molecule has 0 unspecified atom stereocenters. The number of aryl methyl sites for hydroxylation is 1. The molecule has 0 spiro atoms. The van der Waals surface area contributed by atoms with Crippen molar-refractivity contribution in [2.45, 2.75) is 26.0 Å². The lowest BCUT2D eigenvalue weighted by molar-refractivity contribution is -0.0165. The molecular weight excluding hydrogens is 510 g/mol. The number of hydrogen-bond donors (Lipinski definition) is 0. The van der Waals surface area contributed by atoms with Gasteiger partial charge < -0.3 is 18.9 Å². The standard InChI is InChI=1S/C28H24BrNO5/c29-21-11-19(27-20(12-21)15-32-17-34-27)13-25-26(31)22-8-9-24-23(28(22)35-25)14-30(16-33-24)10-4-7-18-5-2-1-3-6-18/h1-3,5-6,8-9,11-13H,4,7,10,14-17H2/b25-13-. The predicted octanol–water partition coefficient (Wildman–Crippen LogP) is 5.72. The summed E-state index contributed by atoms with van der Waals surface area (Å²) >= 11 is 3.54. The molecule has 3 aliphatic rings. The van der Waals surface area contributed by atoms with Crippen LogP contribution in [0.2, 0.25) is 0 Å². The van der Waals surface area contributed by atoms with Crippen LogP contribution >= 0.6 is 15.9 Å². The molecule has 0 N–H and O–H groups in total. The van der Waals surface area contributed by atoms with Gasteiger partial charge in [0.25, 0.3) is 0 Å². The molecule has 0 saturated carbocycles. The van der Waals surface area contributed by atoms with Crippen molar-refractivity contribution in [3.05, 3.63) is 92.6 Å². The molecule has 0 saturated heterocycles. The molecule has 0 aromatic heterocycles. The fourth-order valence-electron chi connectivity index (χ4n) is 4.76. The molecule has 3 heterocycles. The predicted molar refractivity (Wildman–Crippen MR) is 134 cm³/mol. The average molecular weight is 534 g/mol. The molecule has 0 bridgehead atoms. The van der Waals surface area contributed by atoms with Gasteiger partial charge in [-0.25, -0.2) is 0 Å². The Kier molecular flexibility index (Phi) is 6.06. The number of carbonyl (C=O) groups excluding carboxylic acids is 1. The maximum Gasteiger partial charge on any atom is 0.231 e. The lowest BCUT2D eigenvalue weighted by Gasteiger charge is -2.29. The Morgan fingerprint density at radius 3 is 2.80 bits per heavy atom. The molecule has 7 heteroatoms. The summed E-state index contributed by atoms with van der Waals surface area (Å²) in [6, 6.07) is 18.0. The number of Topliss-reactive ketones (excluding diaryl/α,β-unsaturated/α-hetero) is 1. The van der Waals surface area contributed by atoms with Crippen LogP contribution in [-0.2, 0) is 24.3 Å². The Balaban J connectivity index is 1.22. The number of carbonyl (C=O) groups is 1. The smallest absolute Gasteiger partial charge is 0.231 e. The van der Waals surface area contributed by atoms with Crippen LogP contribution in [0.1, 0.15) is 39.0 Å². The molecule has 6 rings (SSSR count). The second-order valence-corrected chi connectivity index (χ2v) is 9.78. The van der Waals surface area contributed by atoms with Crippen LogP contribution in [-0.4, -0.2) is 30.8 Å². The van der Waals surface area contributed by atoms with E-state index in [2.05, 4.69) is 45.1 Å². The highest BCUT2D eigenvalue weighted by molar-refractivity contribution is 9.10. The van der Waals surface area contributed by atoms with Crippen LogP contribution in [0.3, 0.4) is 0 Å². The molecule has 3 aliphatic heterocycles. The van der Waals surface area contributed by atoms with Crippen molar-refractivity contribution >= 4 is 27.8 Å². The number of fused-ring (bicyclic) bond motifs is 4. The first kappa shape index (κ1) is 22.3. The Hall–Kier alpha value is -3.13. The molecule has 35 heavy (non-hydrogen) atoms. The van der Waals surface area contributed by atoms with Crippen LogP contribution in [0.4, 0.5) is 0 Å². The highest BCUT2D eigenvalue weighted by atomic mass is 79.9. The molecule has 6 nitrogen and oxygen atoms in total. The molecular formula is C28H24BrNO5. The summed E-state index contributed by atoms with van der Waals surface area (Å²) in [5, 5.41) is 0. The van der Waals surface area contributed by atoms with E-state index in [4.69, 9.17) is 18.9 Å². The van der Waals surface area contributed by atoms with E-state index in [1.165, 1.54) is 5.56 Å². The topological polar surface area (TPSA) is 57.2 Å². The van der Waals surface area contributed by atoms with E-state index in [-0.39, 0.29) is 18.3 Å². The maximum atomic E-state index is 13.2. The number of hydrogen-bond acceptors (Lipinski definition) is 6. The van der Waals surface area contributed by atoms with Crippen molar-refractivity contribution in [3.8, 4) is 17.2 Å². The van der Waals surface area contributed by atoms with E-state index in [9.17, 15) is 4.79 Å². The van der Waals surface area contributed by atoms with Gasteiger partial charge in [-0.3, -0.25) is 9.69 Å². The summed E-state index contributed by atoms with van der Waals surface area (Å²) in [5.41, 5.74) is 4.53. The molecule has 178 valence electrons. The largest absolute Gasteiger partial charge is 0.478 e. The fraction of sp³-hybridized carbons (Fsp3) is 0.250. The molecule has 0 radical (unpaired) electrons. The molecule has 3 aromatic rings. The molecule has 0 atom stereocenters.